The van der Waals surface area contributed by atoms with Gasteiger partial charge in [-0.05, 0) is 39.0 Å². The second-order valence-electron chi connectivity index (χ2n) is 5.52. The molecule has 0 aromatic rings. The maximum atomic E-state index is 12.2. The van der Waals surface area contributed by atoms with Crippen molar-refractivity contribution in [1.82, 2.24) is 10.2 Å². The lowest BCUT2D eigenvalue weighted by molar-refractivity contribution is -0.133. The van der Waals surface area contributed by atoms with Crippen LogP contribution in [0.4, 0.5) is 0 Å². The van der Waals surface area contributed by atoms with E-state index in [9.17, 15) is 4.79 Å². The van der Waals surface area contributed by atoms with Crippen molar-refractivity contribution in [1.29, 1.82) is 0 Å². The highest BCUT2D eigenvalue weighted by molar-refractivity contribution is 5.88. The Hall–Kier alpha value is -0.610. The van der Waals surface area contributed by atoms with Crippen LogP contribution in [0.25, 0.3) is 0 Å². The third kappa shape index (κ3) is 2.80. The molecule has 2 unspecified atom stereocenters. The molecule has 1 heterocycles. The number of nitrogens with zero attached hydrogens (tertiary/aromatic N) is 1. The first-order chi connectivity index (χ1) is 8.07. The summed E-state index contributed by atoms with van der Waals surface area (Å²) in [6.45, 7) is 8.31. The minimum atomic E-state index is -0.379. The third-order valence-corrected chi connectivity index (χ3v) is 3.96. The Labute approximate surface area is 104 Å². The van der Waals surface area contributed by atoms with E-state index >= 15 is 0 Å². The van der Waals surface area contributed by atoms with Crippen LogP contribution < -0.4 is 5.32 Å². The van der Waals surface area contributed by atoms with Crippen LogP contribution in [0.3, 0.4) is 0 Å². The number of nitrogens with one attached hydrogen (secondary N) is 1. The van der Waals surface area contributed by atoms with Gasteiger partial charge in [0.05, 0.1) is 18.3 Å². The first-order valence-electron chi connectivity index (χ1n) is 6.73. The zero-order chi connectivity index (χ0) is 12.5. The minimum Gasteiger partial charge on any atom is -0.379 e. The summed E-state index contributed by atoms with van der Waals surface area (Å²) >= 11 is 0. The van der Waals surface area contributed by atoms with Gasteiger partial charge < -0.3 is 9.64 Å². The molecule has 0 spiro atoms. The molecule has 1 saturated carbocycles. The van der Waals surface area contributed by atoms with Gasteiger partial charge in [-0.15, -0.1) is 0 Å². The average molecular weight is 240 g/mol. The van der Waals surface area contributed by atoms with E-state index in [4.69, 9.17) is 4.74 Å². The lowest BCUT2D eigenvalue weighted by Crippen LogP contribution is -2.43. The molecule has 0 aromatic heterocycles. The van der Waals surface area contributed by atoms with Crippen LogP contribution in [0.15, 0.2) is 0 Å². The van der Waals surface area contributed by atoms with Crippen LogP contribution in [0.5, 0.6) is 0 Å². The molecule has 1 saturated heterocycles. The first-order valence-corrected chi connectivity index (χ1v) is 6.73. The predicted octanol–water partition coefficient (Wildman–Crippen LogP) is 1.36. The molecule has 17 heavy (non-hydrogen) atoms. The molecule has 4 heteroatoms. The maximum Gasteiger partial charge on any atom is 0.243 e. The van der Waals surface area contributed by atoms with Crippen LogP contribution in [0.2, 0.25) is 0 Å². The number of carbonyl (C=O) groups is 1. The molecule has 1 aliphatic carbocycles. The molecule has 2 rings (SSSR count). The number of rotatable bonds is 6. The summed E-state index contributed by atoms with van der Waals surface area (Å²) in [4.78, 5) is 14.1. The van der Waals surface area contributed by atoms with Gasteiger partial charge in [-0.2, -0.15) is 0 Å². The quantitative estimate of drug-likeness (QED) is 0.713. The van der Waals surface area contributed by atoms with Gasteiger partial charge in [-0.1, -0.05) is 6.92 Å². The van der Waals surface area contributed by atoms with Crippen molar-refractivity contribution >= 4 is 5.91 Å². The van der Waals surface area contributed by atoms with Crippen molar-refractivity contribution in [2.75, 3.05) is 19.8 Å². The average Bonchev–Trinajstić information content (AvgIpc) is 3.08. The highest BCUT2D eigenvalue weighted by Crippen LogP contribution is 2.29. The van der Waals surface area contributed by atoms with Crippen molar-refractivity contribution in [2.45, 2.75) is 51.7 Å². The van der Waals surface area contributed by atoms with E-state index in [1.807, 2.05) is 25.7 Å². The van der Waals surface area contributed by atoms with E-state index < -0.39 is 0 Å². The van der Waals surface area contributed by atoms with E-state index in [0.717, 1.165) is 18.9 Å². The topological polar surface area (TPSA) is 41.6 Å². The summed E-state index contributed by atoms with van der Waals surface area (Å²) in [5.74, 6) is 1.00. The van der Waals surface area contributed by atoms with E-state index in [-0.39, 0.29) is 17.6 Å². The zero-order valence-corrected chi connectivity index (χ0v) is 11.2. The molecule has 1 N–H and O–H groups in total. The predicted molar refractivity (Wildman–Crippen MR) is 66.5 cm³/mol. The van der Waals surface area contributed by atoms with Gasteiger partial charge in [0, 0.05) is 13.2 Å². The fourth-order valence-electron chi connectivity index (χ4n) is 2.34. The molecule has 1 aliphatic heterocycles. The number of amides is 1. The summed E-state index contributed by atoms with van der Waals surface area (Å²) in [5, 5.41) is 3.36. The van der Waals surface area contributed by atoms with Crippen LogP contribution in [-0.4, -0.2) is 42.3 Å². The van der Waals surface area contributed by atoms with Crippen molar-refractivity contribution in [3.63, 3.8) is 0 Å². The number of ether oxygens (including phenoxy) is 1. The maximum absolute atomic E-state index is 12.2. The molecule has 0 aromatic carbocycles. The van der Waals surface area contributed by atoms with Gasteiger partial charge >= 0.3 is 0 Å². The molecule has 0 bridgehead atoms. The third-order valence-electron chi connectivity index (χ3n) is 3.96. The Kier molecular flexibility index (Phi) is 3.73. The van der Waals surface area contributed by atoms with Crippen molar-refractivity contribution in [2.24, 2.45) is 5.92 Å². The highest BCUT2D eigenvalue weighted by Gasteiger charge is 2.44. The van der Waals surface area contributed by atoms with E-state index in [1.165, 1.54) is 12.8 Å². The normalized spacial score (nSPS) is 33.5. The highest BCUT2D eigenvalue weighted by atomic mass is 16.5. The number of hydrogen-bond acceptors (Lipinski definition) is 3. The van der Waals surface area contributed by atoms with E-state index in [1.54, 1.807) is 0 Å². The molecule has 4 nitrogen and oxygen atoms in total. The summed E-state index contributed by atoms with van der Waals surface area (Å²) in [6, 6.07) is 0. The minimum absolute atomic E-state index is 0.122. The SMILES string of the molecule is CCC1(C)NC(C)N(CCOCC2CC2)C1=O. The Morgan fingerprint density at radius 1 is 1.53 bits per heavy atom. The van der Waals surface area contributed by atoms with Crippen LogP contribution in [0.1, 0.15) is 40.0 Å². The van der Waals surface area contributed by atoms with Gasteiger partial charge in [-0.3, -0.25) is 10.1 Å². The van der Waals surface area contributed by atoms with Crippen molar-refractivity contribution < 1.29 is 9.53 Å². The molecule has 2 fully saturated rings. The monoisotopic (exact) mass is 240 g/mol. The molecule has 98 valence electrons. The van der Waals surface area contributed by atoms with Crippen LogP contribution in [-0.2, 0) is 9.53 Å². The van der Waals surface area contributed by atoms with Crippen LogP contribution >= 0.6 is 0 Å². The molecule has 1 amide bonds. The van der Waals surface area contributed by atoms with Crippen molar-refractivity contribution in [3.05, 3.63) is 0 Å². The Morgan fingerprint density at radius 3 is 2.76 bits per heavy atom. The molecular formula is C13H24N2O2. The zero-order valence-electron chi connectivity index (χ0n) is 11.2. The molecule has 2 aliphatic rings. The van der Waals surface area contributed by atoms with Gasteiger partial charge in [0.1, 0.15) is 0 Å². The second kappa shape index (κ2) is 4.94. The van der Waals surface area contributed by atoms with Crippen molar-refractivity contribution in [3.8, 4) is 0 Å². The van der Waals surface area contributed by atoms with Gasteiger partial charge in [0.25, 0.3) is 0 Å². The molecule has 0 radical (unpaired) electrons. The standard InChI is InChI=1S/C13H24N2O2/c1-4-13(3)12(16)15(10(2)14-13)7-8-17-9-11-5-6-11/h10-11,14H,4-9H2,1-3H3. The second-order valence-corrected chi connectivity index (χ2v) is 5.52. The molecular weight excluding hydrogens is 216 g/mol. The molecule has 2 atom stereocenters. The Bertz CT molecular complexity index is 291. The lowest BCUT2D eigenvalue weighted by Gasteiger charge is -2.21. The summed E-state index contributed by atoms with van der Waals surface area (Å²) in [7, 11) is 0. The summed E-state index contributed by atoms with van der Waals surface area (Å²) in [6.07, 6.45) is 3.58. The fourth-order valence-corrected chi connectivity index (χ4v) is 2.34. The van der Waals surface area contributed by atoms with Gasteiger partial charge in [0.15, 0.2) is 0 Å². The van der Waals surface area contributed by atoms with Gasteiger partial charge in [0.2, 0.25) is 5.91 Å². The first kappa shape index (κ1) is 12.8. The Balaban J connectivity index is 1.77. The number of hydrogen-bond donors (Lipinski definition) is 1. The largest absolute Gasteiger partial charge is 0.379 e. The van der Waals surface area contributed by atoms with Crippen LogP contribution in [0, 0.1) is 5.92 Å². The Morgan fingerprint density at radius 2 is 2.24 bits per heavy atom. The summed E-state index contributed by atoms with van der Waals surface area (Å²) in [5.41, 5.74) is -0.379. The summed E-state index contributed by atoms with van der Waals surface area (Å²) < 4.78 is 5.60. The van der Waals surface area contributed by atoms with Gasteiger partial charge in [-0.25, -0.2) is 0 Å². The van der Waals surface area contributed by atoms with E-state index in [2.05, 4.69) is 5.32 Å². The van der Waals surface area contributed by atoms with E-state index in [0.29, 0.717) is 13.2 Å². The smallest absolute Gasteiger partial charge is 0.243 e. The lowest BCUT2D eigenvalue weighted by atomic mass is 9.99. The number of carbonyl (C=O) groups excluding carboxylic acids is 1. The fraction of sp³-hybridized carbons (Fsp3) is 0.923.